The molecule has 0 fully saturated rings. The number of H-pyrrole nitrogens is 1. The topological polar surface area (TPSA) is 71.5 Å². The van der Waals surface area contributed by atoms with Crippen LogP contribution >= 0.6 is 0 Å². The molecule has 1 aromatic rings. The molecule has 0 aromatic carbocycles. The van der Waals surface area contributed by atoms with E-state index in [1.54, 1.807) is 0 Å². The molecule has 1 rings (SSSR count). The molecule has 1 aromatic heterocycles. The van der Waals surface area contributed by atoms with Gasteiger partial charge in [-0.3, -0.25) is 4.79 Å². The number of unbranched alkanes of at least 4 members (excludes halogenated alkanes) is 10. The van der Waals surface area contributed by atoms with E-state index < -0.39 is 0 Å². The average Bonchev–Trinajstić information content (AvgIpc) is 3.16. The number of aromatic nitrogens is 4. The minimum Gasteiger partial charge on any atom is -0.300 e. The number of aromatic amines is 1. The van der Waals surface area contributed by atoms with Gasteiger partial charge in [-0.1, -0.05) is 62.8 Å². The maximum absolute atomic E-state index is 11.7. The molecule has 5 heteroatoms. The molecule has 0 aliphatic carbocycles. The maximum atomic E-state index is 11.7. The van der Waals surface area contributed by atoms with Crippen LogP contribution in [0.4, 0.5) is 0 Å². The third-order valence-electron chi connectivity index (χ3n) is 4.71. The van der Waals surface area contributed by atoms with E-state index in [1.807, 2.05) is 0 Å². The number of tetrazole rings is 1. The summed E-state index contributed by atoms with van der Waals surface area (Å²) in [7, 11) is 0. The number of Topliss-reactive ketones (excluding diaryl/α,β-unsaturated/α-hetero) is 1. The summed E-state index contributed by atoms with van der Waals surface area (Å²) in [6.07, 6.45) is 22.6. The summed E-state index contributed by atoms with van der Waals surface area (Å²) in [6.45, 7) is 2.20. The Bertz CT molecular complexity index is 457. The van der Waals surface area contributed by atoms with E-state index in [0.29, 0.717) is 5.78 Å². The number of aryl methyl sites for hydroxylation is 1. The molecular formula is C21H38N4O. The molecule has 5 nitrogen and oxygen atoms in total. The Morgan fingerprint density at radius 1 is 0.846 bits per heavy atom. The van der Waals surface area contributed by atoms with Gasteiger partial charge >= 0.3 is 0 Å². The Hall–Kier alpha value is -1.52. The smallest absolute Gasteiger partial charge is 0.174 e. The van der Waals surface area contributed by atoms with Gasteiger partial charge in [0.2, 0.25) is 0 Å². The summed E-state index contributed by atoms with van der Waals surface area (Å²) in [5.41, 5.74) is 0. The predicted molar refractivity (Wildman–Crippen MR) is 107 cm³/mol. The fourth-order valence-corrected chi connectivity index (χ4v) is 3.06. The lowest BCUT2D eigenvalue weighted by molar-refractivity contribution is -0.119. The zero-order valence-corrected chi connectivity index (χ0v) is 16.7. The molecule has 1 heterocycles. The van der Waals surface area contributed by atoms with Crippen LogP contribution < -0.4 is 0 Å². The highest BCUT2D eigenvalue weighted by Gasteiger charge is 2.01. The fourth-order valence-electron chi connectivity index (χ4n) is 3.06. The highest BCUT2D eigenvalue weighted by molar-refractivity contribution is 5.78. The Balaban J connectivity index is 1.78. The molecule has 0 saturated carbocycles. The van der Waals surface area contributed by atoms with Crippen LogP contribution in [0.25, 0.3) is 0 Å². The number of carbonyl (C=O) groups excluding carboxylic acids is 1. The first-order valence-corrected chi connectivity index (χ1v) is 10.7. The first kappa shape index (κ1) is 22.5. The average molecular weight is 363 g/mol. The van der Waals surface area contributed by atoms with Crippen molar-refractivity contribution < 1.29 is 4.79 Å². The van der Waals surface area contributed by atoms with E-state index in [9.17, 15) is 4.79 Å². The SMILES string of the molecule is CCCCCCC(=O)CCCCC/C=C\CCCCCCc1nn[nH]n1. The molecule has 0 aliphatic rings. The summed E-state index contributed by atoms with van der Waals surface area (Å²) < 4.78 is 0. The number of nitrogens with zero attached hydrogens (tertiary/aromatic N) is 3. The molecular weight excluding hydrogens is 324 g/mol. The van der Waals surface area contributed by atoms with Crippen molar-refractivity contribution in [1.82, 2.24) is 20.6 Å². The number of hydrogen-bond donors (Lipinski definition) is 1. The van der Waals surface area contributed by atoms with E-state index in [1.165, 1.54) is 57.8 Å². The van der Waals surface area contributed by atoms with E-state index in [0.717, 1.165) is 50.8 Å². The lowest BCUT2D eigenvalue weighted by atomic mass is 10.0. The van der Waals surface area contributed by atoms with Crippen molar-refractivity contribution in [3.8, 4) is 0 Å². The van der Waals surface area contributed by atoms with E-state index in [-0.39, 0.29) is 0 Å². The Morgan fingerprint density at radius 2 is 1.46 bits per heavy atom. The zero-order valence-electron chi connectivity index (χ0n) is 16.7. The number of carbonyl (C=O) groups is 1. The summed E-state index contributed by atoms with van der Waals surface area (Å²) in [5, 5.41) is 14.0. The van der Waals surface area contributed by atoms with Gasteiger partial charge in [0.25, 0.3) is 0 Å². The molecule has 0 atom stereocenters. The molecule has 148 valence electrons. The number of ketones is 1. The van der Waals surface area contributed by atoms with Crippen molar-refractivity contribution in [3.63, 3.8) is 0 Å². The van der Waals surface area contributed by atoms with Crippen molar-refractivity contribution in [3.05, 3.63) is 18.0 Å². The summed E-state index contributed by atoms with van der Waals surface area (Å²) >= 11 is 0. The normalized spacial score (nSPS) is 11.4. The van der Waals surface area contributed by atoms with Crippen molar-refractivity contribution >= 4 is 5.78 Å². The largest absolute Gasteiger partial charge is 0.300 e. The molecule has 0 unspecified atom stereocenters. The molecule has 0 aliphatic heterocycles. The van der Waals surface area contributed by atoms with Gasteiger partial charge in [-0.15, -0.1) is 10.2 Å². The summed E-state index contributed by atoms with van der Waals surface area (Å²) in [5.74, 6) is 1.29. The number of hydrogen-bond acceptors (Lipinski definition) is 4. The van der Waals surface area contributed by atoms with Gasteiger partial charge in [0.15, 0.2) is 5.82 Å². The second kappa shape index (κ2) is 16.9. The minimum absolute atomic E-state index is 0.468. The van der Waals surface area contributed by atoms with Crippen LogP contribution in [0.3, 0.4) is 0 Å². The van der Waals surface area contributed by atoms with Crippen LogP contribution in [0.15, 0.2) is 12.2 Å². The molecule has 0 amide bonds. The van der Waals surface area contributed by atoms with Gasteiger partial charge in [0.1, 0.15) is 5.78 Å². The molecule has 0 saturated heterocycles. The zero-order chi connectivity index (χ0) is 18.7. The lowest BCUT2D eigenvalue weighted by Crippen LogP contribution is -1.97. The molecule has 1 N–H and O–H groups in total. The first-order valence-electron chi connectivity index (χ1n) is 10.7. The molecule has 0 radical (unpaired) electrons. The third kappa shape index (κ3) is 13.7. The standard InChI is InChI=1S/C21H38N4O/c1-2-3-4-14-17-20(26)18-15-12-10-8-6-5-7-9-11-13-16-19-21-22-24-25-23-21/h5-6H,2-4,7-19H2,1H3,(H,22,23,24,25)/b6-5-. The van der Waals surface area contributed by atoms with Crippen LogP contribution in [0.2, 0.25) is 0 Å². The lowest BCUT2D eigenvalue weighted by Gasteiger charge is -2.01. The second-order valence-electron chi connectivity index (χ2n) is 7.20. The third-order valence-corrected chi connectivity index (χ3v) is 4.71. The summed E-state index contributed by atoms with van der Waals surface area (Å²) in [4.78, 5) is 11.7. The minimum atomic E-state index is 0.468. The van der Waals surface area contributed by atoms with Gasteiger partial charge in [0, 0.05) is 19.3 Å². The molecule has 26 heavy (non-hydrogen) atoms. The Labute approximate surface area is 159 Å². The van der Waals surface area contributed by atoms with Gasteiger partial charge in [-0.2, -0.15) is 5.21 Å². The van der Waals surface area contributed by atoms with E-state index >= 15 is 0 Å². The van der Waals surface area contributed by atoms with Crippen LogP contribution in [0, 0.1) is 0 Å². The number of rotatable bonds is 18. The predicted octanol–water partition coefficient (Wildman–Crippen LogP) is 5.74. The second-order valence-corrected chi connectivity index (χ2v) is 7.20. The monoisotopic (exact) mass is 362 g/mol. The van der Waals surface area contributed by atoms with Crippen LogP contribution in [-0.2, 0) is 11.2 Å². The van der Waals surface area contributed by atoms with Gasteiger partial charge < -0.3 is 0 Å². The van der Waals surface area contributed by atoms with E-state index in [4.69, 9.17) is 0 Å². The van der Waals surface area contributed by atoms with Crippen LogP contribution in [0.1, 0.15) is 109 Å². The summed E-state index contributed by atoms with van der Waals surface area (Å²) in [6, 6.07) is 0. The van der Waals surface area contributed by atoms with Gasteiger partial charge in [-0.25, -0.2) is 0 Å². The molecule has 0 bridgehead atoms. The van der Waals surface area contributed by atoms with Crippen molar-refractivity contribution in [2.75, 3.05) is 0 Å². The van der Waals surface area contributed by atoms with Crippen molar-refractivity contribution in [2.45, 2.75) is 110 Å². The van der Waals surface area contributed by atoms with E-state index in [2.05, 4.69) is 39.7 Å². The van der Waals surface area contributed by atoms with Gasteiger partial charge in [-0.05, 0) is 44.9 Å². The quantitative estimate of drug-likeness (QED) is 0.267. The first-order chi connectivity index (χ1) is 12.8. The van der Waals surface area contributed by atoms with Crippen LogP contribution in [-0.4, -0.2) is 26.4 Å². The van der Waals surface area contributed by atoms with Crippen molar-refractivity contribution in [2.24, 2.45) is 0 Å². The highest BCUT2D eigenvalue weighted by atomic mass is 16.1. The van der Waals surface area contributed by atoms with Crippen molar-refractivity contribution in [1.29, 1.82) is 0 Å². The maximum Gasteiger partial charge on any atom is 0.174 e. The van der Waals surface area contributed by atoms with Crippen LogP contribution in [0.5, 0.6) is 0 Å². The number of nitrogens with one attached hydrogen (secondary N) is 1. The number of allylic oxidation sites excluding steroid dienone is 2. The Kier molecular flexibility index (Phi) is 14.7. The Morgan fingerprint density at radius 3 is 2.08 bits per heavy atom. The van der Waals surface area contributed by atoms with Gasteiger partial charge in [0.05, 0.1) is 0 Å². The highest BCUT2D eigenvalue weighted by Crippen LogP contribution is 2.10. The fraction of sp³-hybridized carbons (Fsp3) is 0.810. The molecule has 0 spiro atoms.